The van der Waals surface area contributed by atoms with Gasteiger partial charge in [-0.25, -0.2) is 9.59 Å². The van der Waals surface area contributed by atoms with Gasteiger partial charge in [0.2, 0.25) is 11.8 Å². The minimum atomic E-state index is -0.473. The minimum Gasteiger partial charge on any atom is -0.444 e. The molecular weight excluding hydrogens is 781 g/mol. The van der Waals surface area contributed by atoms with Crippen molar-refractivity contribution in [3.8, 4) is 0 Å². The van der Waals surface area contributed by atoms with Crippen molar-refractivity contribution in [2.24, 2.45) is 29.6 Å². The minimum absolute atomic E-state index is 0.141. The summed E-state index contributed by atoms with van der Waals surface area (Å²) in [6.45, 7) is 18.2. The smallest absolute Gasteiger partial charge is 0.410 e. The summed E-state index contributed by atoms with van der Waals surface area (Å²) in [4.78, 5) is 66.5. The van der Waals surface area contributed by atoms with Gasteiger partial charge in [0.1, 0.15) is 11.2 Å². The van der Waals surface area contributed by atoms with Crippen LogP contribution in [0.15, 0.2) is 42.9 Å². The lowest BCUT2D eigenvalue weighted by molar-refractivity contribution is -0.139. The molecule has 4 aliphatic rings. The number of hydrogen-bond donors (Lipinski definition) is 0. The standard InChI is InChI=1S/2C25H39N3O3/c1-18-16-22(10-13-26-18)20-11-14-28(15-12-20)23(29)21-8-6-19(7-9-21)17-27(5)24(30)31-25(2,3)4;1-25(2,3)31-24(30)27(4)18-21-5-7-22(8-6-21)23(29)28-15-11-20(12-16-28)17-19-9-13-26-14-10-19/h10,13,16,19-21H,6-9,11-12,14-15,17H2,1-5H3;9-10,13-14,20-22H,5-8,11-12,15-18H2,1-4H3. The van der Waals surface area contributed by atoms with E-state index >= 15 is 0 Å². The zero-order valence-electron chi connectivity index (χ0n) is 39.6. The summed E-state index contributed by atoms with van der Waals surface area (Å²) in [6.07, 6.45) is 18.1. The van der Waals surface area contributed by atoms with E-state index in [1.165, 1.54) is 11.1 Å². The molecule has 0 atom stereocenters. The topological polar surface area (TPSA) is 125 Å². The summed E-state index contributed by atoms with van der Waals surface area (Å²) < 4.78 is 10.9. The number of carbonyl (C=O) groups is 4. The highest BCUT2D eigenvalue weighted by atomic mass is 16.6. The van der Waals surface area contributed by atoms with Crippen LogP contribution in [0.2, 0.25) is 0 Å². The average molecular weight is 859 g/mol. The van der Waals surface area contributed by atoms with Gasteiger partial charge in [0.25, 0.3) is 0 Å². The van der Waals surface area contributed by atoms with Crippen molar-refractivity contribution in [2.75, 3.05) is 53.4 Å². The molecule has 0 radical (unpaired) electrons. The summed E-state index contributed by atoms with van der Waals surface area (Å²) in [6, 6.07) is 8.48. The third-order valence-corrected chi connectivity index (χ3v) is 13.3. The molecule has 12 heteroatoms. The summed E-state index contributed by atoms with van der Waals surface area (Å²) >= 11 is 0. The second-order valence-electron chi connectivity index (χ2n) is 20.8. The summed E-state index contributed by atoms with van der Waals surface area (Å²) in [5.74, 6) is 3.07. The highest BCUT2D eigenvalue weighted by molar-refractivity contribution is 5.79. The molecule has 0 unspecified atom stereocenters. The fraction of sp³-hybridized carbons (Fsp3) is 0.720. The number of amides is 4. The van der Waals surface area contributed by atoms with Crippen molar-refractivity contribution in [3.05, 3.63) is 59.7 Å². The van der Waals surface area contributed by atoms with E-state index in [9.17, 15) is 19.2 Å². The number of nitrogens with zero attached hydrogens (tertiary/aromatic N) is 6. The predicted molar refractivity (Wildman–Crippen MR) is 243 cm³/mol. The fourth-order valence-electron chi connectivity index (χ4n) is 9.77. The number of likely N-dealkylation sites (tertiary alicyclic amines) is 2. The molecule has 2 aliphatic carbocycles. The quantitative estimate of drug-likeness (QED) is 0.245. The molecule has 12 nitrogen and oxygen atoms in total. The van der Waals surface area contributed by atoms with E-state index in [4.69, 9.17) is 9.47 Å². The Bertz CT molecular complexity index is 1730. The average Bonchev–Trinajstić information content (AvgIpc) is 3.23. The Morgan fingerprint density at radius 2 is 1.05 bits per heavy atom. The SMILES string of the molecule is CN(CC1CCC(C(=O)N2CCC(Cc3ccncc3)CC2)CC1)C(=O)OC(C)(C)C.Cc1cc(C2CCN(C(=O)C3CCC(CN(C)C(=O)OC(C)(C)C)CC3)CC2)ccn1. The van der Waals surface area contributed by atoms with E-state index in [1.807, 2.05) is 67.1 Å². The van der Waals surface area contributed by atoms with Crippen LogP contribution in [0.25, 0.3) is 0 Å². The van der Waals surface area contributed by atoms with Crippen molar-refractivity contribution in [1.29, 1.82) is 0 Å². The first-order chi connectivity index (χ1) is 29.3. The van der Waals surface area contributed by atoms with Gasteiger partial charge in [0, 0.05) is 89.5 Å². The number of piperidine rings is 2. The first-order valence-corrected chi connectivity index (χ1v) is 23.6. The molecule has 0 spiro atoms. The summed E-state index contributed by atoms with van der Waals surface area (Å²) in [5, 5.41) is 0. The highest BCUT2D eigenvalue weighted by Gasteiger charge is 2.35. The lowest BCUT2D eigenvalue weighted by atomic mass is 9.80. The molecule has 2 aromatic rings. The van der Waals surface area contributed by atoms with E-state index in [1.54, 1.807) is 23.9 Å². The summed E-state index contributed by atoms with van der Waals surface area (Å²) in [7, 11) is 3.61. The molecule has 0 aromatic carbocycles. The molecule has 0 bridgehead atoms. The van der Waals surface area contributed by atoms with Crippen LogP contribution >= 0.6 is 0 Å². The second-order valence-corrected chi connectivity index (χ2v) is 20.8. The number of aryl methyl sites for hydroxylation is 1. The normalized spacial score (nSPS) is 22.8. The first kappa shape index (κ1) is 48.8. The van der Waals surface area contributed by atoms with Crippen LogP contribution in [0.1, 0.15) is 141 Å². The number of ether oxygens (including phenoxy) is 2. The Kier molecular flexibility index (Phi) is 17.6. The Morgan fingerprint density at radius 1 is 0.613 bits per heavy atom. The van der Waals surface area contributed by atoms with Gasteiger partial charge in [-0.05, 0) is 191 Å². The number of rotatable bonds is 9. The largest absolute Gasteiger partial charge is 0.444 e. The van der Waals surface area contributed by atoms with Crippen LogP contribution in [0.3, 0.4) is 0 Å². The third-order valence-electron chi connectivity index (χ3n) is 13.3. The van der Waals surface area contributed by atoms with E-state index in [2.05, 4.69) is 44.0 Å². The third kappa shape index (κ3) is 15.5. The first-order valence-electron chi connectivity index (χ1n) is 23.6. The molecule has 2 saturated carbocycles. The van der Waals surface area contributed by atoms with Crippen LogP contribution < -0.4 is 0 Å². The Morgan fingerprint density at radius 3 is 1.47 bits per heavy atom. The molecule has 4 amide bonds. The van der Waals surface area contributed by atoms with Crippen LogP contribution in [0.4, 0.5) is 9.59 Å². The van der Waals surface area contributed by atoms with Gasteiger partial charge in [-0.3, -0.25) is 19.6 Å². The van der Waals surface area contributed by atoms with Gasteiger partial charge in [-0.2, -0.15) is 0 Å². The number of aromatic nitrogens is 2. The van der Waals surface area contributed by atoms with Crippen LogP contribution in [0.5, 0.6) is 0 Å². The molecule has 344 valence electrons. The zero-order chi connectivity index (χ0) is 45.0. The van der Waals surface area contributed by atoms with Gasteiger partial charge in [0.05, 0.1) is 0 Å². The Hall–Kier alpha value is -4.22. The zero-order valence-corrected chi connectivity index (χ0v) is 39.6. The van der Waals surface area contributed by atoms with E-state index in [0.717, 1.165) is 115 Å². The molecule has 0 N–H and O–H groups in total. The Labute approximate surface area is 372 Å². The van der Waals surface area contributed by atoms with Gasteiger partial charge in [-0.15, -0.1) is 0 Å². The molecule has 4 fully saturated rings. The monoisotopic (exact) mass is 859 g/mol. The number of carbonyl (C=O) groups excluding carboxylic acids is 4. The van der Waals surface area contributed by atoms with Crippen molar-refractivity contribution in [2.45, 2.75) is 149 Å². The molecule has 62 heavy (non-hydrogen) atoms. The molecule has 2 saturated heterocycles. The lowest BCUT2D eigenvalue weighted by Gasteiger charge is -2.37. The van der Waals surface area contributed by atoms with Gasteiger partial charge < -0.3 is 29.1 Å². The molecular formula is C50H78N6O6. The maximum absolute atomic E-state index is 13.1. The van der Waals surface area contributed by atoms with Crippen LogP contribution in [0, 0.1) is 36.5 Å². The van der Waals surface area contributed by atoms with Gasteiger partial charge in [-0.1, -0.05) is 0 Å². The molecule has 4 heterocycles. The van der Waals surface area contributed by atoms with E-state index < -0.39 is 11.2 Å². The number of hydrogen-bond acceptors (Lipinski definition) is 8. The van der Waals surface area contributed by atoms with Crippen molar-refractivity contribution in [3.63, 3.8) is 0 Å². The number of pyridine rings is 2. The van der Waals surface area contributed by atoms with E-state index in [0.29, 0.717) is 48.6 Å². The van der Waals surface area contributed by atoms with Crippen LogP contribution in [-0.4, -0.2) is 118 Å². The highest BCUT2D eigenvalue weighted by Crippen LogP contribution is 2.35. The predicted octanol–water partition coefficient (Wildman–Crippen LogP) is 9.31. The maximum atomic E-state index is 13.1. The van der Waals surface area contributed by atoms with Crippen molar-refractivity contribution >= 4 is 24.0 Å². The molecule has 2 aliphatic heterocycles. The fourth-order valence-corrected chi connectivity index (χ4v) is 9.77. The van der Waals surface area contributed by atoms with E-state index in [-0.39, 0.29) is 24.0 Å². The Balaban J connectivity index is 0.000000234. The second kappa shape index (κ2) is 22.4. The van der Waals surface area contributed by atoms with Crippen molar-refractivity contribution in [1.82, 2.24) is 29.6 Å². The van der Waals surface area contributed by atoms with Gasteiger partial charge in [0.15, 0.2) is 0 Å². The molecule has 6 rings (SSSR count). The maximum Gasteiger partial charge on any atom is 0.410 e. The van der Waals surface area contributed by atoms with Crippen molar-refractivity contribution < 1.29 is 28.7 Å². The summed E-state index contributed by atoms with van der Waals surface area (Å²) in [5.41, 5.74) is 2.81. The van der Waals surface area contributed by atoms with Crippen LogP contribution in [-0.2, 0) is 25.5 Å². The van der Waals surface area contributed by atoms with Gasteiger partial charge >= 0.3 is 12.2 Å². The molecule has 2 aromatic heterocycles. The lowest BCUT2D eigenvalue weighted by Crippen LogP contribution is -2.43.